The van der Waals surface area contributed by atoms with Crippen LogP contribution < -0.4 is 5.32 Å². The zero-order chi connectivity index (χ0) is 15.6. The van der Waals surface area contributed by atoms with Crippen LogP contribution in [0.25, 0.3) is 0 Å². The fraction of sp³-hybridized carbons (Fsp3) is 0.350. The van der Waals surface area contributed by atoms with Crippen molar-refractivity contribution in [2.45, 2.75) is 45.2 Å². The molecule has 2 aromatic carbocycles. The molecule has 2 aromatic rings. The van der Waals surface area contributed by atoms with Crippen LogP contribution in [0.5, 0.6) is 0 Å². The van der Waals surface area contributed by atoms with Crippen LogP contribution in [0.15, 0.2) is 60.7 Å². The van der Waals surface area contributed by atoms with E-state index in [0.29, 0.717) is 18.6 Å². The second kappa shape index (κ2) is 9.16. The maximum atomic E-state index is 12.2. The lowest BCUT2D eigenvalue weighted by molar-refractivity contribution is -0.119. The van der Waals surface area contributed by atoms with Crippen LogP contribution in [-0.4, -0.2) is 5.78 Å². The van der Waals surface area contributed by atoms with E-state index in [4.69, 9.17) is 0 Å². The molecule has 0 spiro atoms. The van der Waals surface area contributed by atoms with E-state index in [2.05, 4.69) is 36.5 Å². The fourth-order valence-corrected chi connectivity index (χ4v) is 2.53. The van der Waals surface area contributed by atoms with Crippen LogP contribution >= 0.6 is 0 Å². The molecule has 1 N–H and O–H groups in total. The van der Waals surface area contributed by atoms with Crippen LogP contribution in [0, 0.1) is 0 Å². The van der Waals surface area contributed by atoms with E-state index in [-0.39, 0.29) is 6.04 Å². The highest BCUT2D eigenvalue weighted by atomic mass is 16.1. The van der Waals surface area contributed by atoms with Gasteiger partial charge in [0, 0.05) is 25.4 Å². The van der Waals surface area contributed by atoms with Gasteiger partial charge in [0.25, 0.3) is 0 Å². The Labute approximate surface area is 133 Å². The summed E-state index contributed by atoms with van der Waals surface area (Å²) >= 11 is 0. The molecule has 0 heterocycles. The Morgan fingerprint density at radius 1 is 1.00 bits per heavy atom. The third-order valence-electron chi connectivity index (χ3n) is 3.84. The summed E-state index contributed by atoms with van der Waals surface area (Å²) in [6, 6.07) is 20.7. The number of carbonyl (C=O) groups excluding carboxylic acids is 1. The van der Waals surface area contributed by atoms with Gasteiger partial charge in [-0.1, -0.05) is 74.0 Å². The summed E-state index contributed by atoms with van der Waals surface area (Å²) in [6.07, 6.45) is 3.31. The van der Waals surface area contributed by atoms with E-state index in [1.807, 2.05) is 36.4 Å². The van der Waals surface area contributed by atoms with Crippen molar-refractivity contribution in [1.29, 1.82) is 0 Å². The third kappa shape index (κ3) is 5.45. The molecule has 0 aliphatic heterocycles. The molecule has 0 aromatic heterocycles. The standard InChI is InChI=1S/C20H25NO/c1-2-3-14-19(22)15-20(18-12-8-5-9-13-18)21-16-17-10-6-4-7-11-17/h4-13,20-21H,2-3,14-16H2,1H3. The van der Waals surface area contributed by atoms with E-state index in [9.17, 15) is 4.79 Å². The van der Waals surface area contributed by atoms with Gasteiger partial charge < -0.3 is 5.32 Å². The third-order valence-corrected chi connectivity index (χ3v) is 3.84. The number of rotatable bonds is 9. The SMILES string of the molecule is CCCCC(=O)CC(NCc1ccccc1)c1ccccc1. The average Bonchev–Trinajstić information content (AvgIpc) is 2.58. The summed E-state index contributed by atoms with van der Waals surface area (Å²) in [5.74, 6) is 0.344. The van der Waals surface area contributed by atoms with E-state index in [1.54, 1.807) is 0 Å². The van der Waals surface area contributed by atoms with Crippen molar-refractivity contribution >= 4 is 5.78 Å². The van der Waals surface area contributed by atoms with E-state index in [1.165, 1.54) is 11.1 Å². The molecular weight excluding hydrogens is 270 g/mol. The van der Waals surface area contributed by atoms with Gasteiger partial charge in [0.2, 0.25) is 0 Å². The highest BCUT2D eigenvalue weighted by Crippen LogP contribution is 2.19. The van der Waals surface area contributed by atoms with Crippen molar-refractivity contribution in [3.05, 3.63) is 71.8 Å². The smallest absolute Gasteiger partial charge is 0.134 e. The summed E-state index contributed by atoms with van der Waals surface area (Å²) in [5, 5.41) is 3.54. The van der Waals surface area contributed by atoms with Gasteiger partial charge in [-0.05, 0) is 17.5 Å². The van der Waals surface area contributed by atoms with Gasteiger partial charge in [-0.25, -0.2) is 0 Å². The first-order valence-electron chi connectivity index (χ1n) is 8.13. The Kier molecular flexibility index (Phi) is 6.85. The maximum Gasteiger partial charge on any atom is 0.134 e. The lowest BCUT2D eigenvalue weighted by atomic mass is 9.99. The monoisotopic (exact) mass is 295 g/mol. The molecule has 2 heteroatoms. The van der Waals surface area contributed by atoms with Gasteiger partial charge in [-0.2, -0.15) is 0 Å². The van der Waals surface area contributed by atoms with E-state index >= 15 is 0 Å². The lowest BCUT2D eigenvalue weighted by Crippen LogP contribution is -2.23. The first-order chi connectivity index (χ1) is 10.8. The number of ketones is 1. The summed E-state index contributed by atoms with van der Waals surface area (Å²) in [5.41, 5.74) is 2.42. The Balaban J connectivity index is 2.00. The number of unbranched alkanes of at least 4 members (excludes halogenated alkanes) is 1. The highest BCUT2D eigenvalue weighted by Gasteiger charge is 2.15. The molecule has 1 atom stereocenters. The number of carbonyl (C=O) groups is 1. The molecule has 0 amide bonds. The molecule has 0 fully saturated rings. The zero-order valence-corrected chi connectivity index (χ0v) is 13.3. The summed E-state index contributed by atoms with van der Waals surface area (Å²) in [7, 11) is 0. The number of hydrogen-bond acceptors (Lipinski definition) is 2. The first kappa shape index (κ1) is 16.4. The second-order valence-corrected chi connectivity index (χ2v) is 5.68. The molecule has 0 aliphatic rings. The van der Waals surface area contributed by atoms with Crippen molar-refractivity contribution in [3.8, 4) is 0 Å². The number of benzene rings is 2. The first-order valence-corrected chi connectivity index (χ1v) is 8.13. The summed E-state index contributed by atoms with van der Waals surface area (Å²) in [4.78, 5) is 12.2. The van der Waals surface area contributed by atoms with Gasteiger partial charge in [-0.15, -0.1) is 0 Å². The topological polar surface area (TPSA) is 29.1 Å². The molecule has 0 bridgehead atoms. The number of nitrogens with one attached hydrogen (secondary N) is 1. The average molecular weight is 295 g/mol. The number of Topliss-reactive ketones (excluding diaryl/α,β-unsaturated/α-hetero) is 1. The molecule has 22 heavy (non-hydrogen) atoms. The lowest BCUT2D eigenvalue weighted by Gasteiger charge is -2.19. The largest absolute Gasteiger partial charge is 0.305 e. The van der Waals surface area contributed by atoms with Crippen LogP contribution in [0.2, 0.25) is 0 Å². The molecule has 0 saturated carbocycles. The van der Waals surface area contributed by atoms with Gasteiger partial charge in [0.15, 0.2) is 0 Å². The summed E-state index contributed by atoms with van der Waals surface area (Å²) in [6.45, 7) is 2.90. The van der Waals surface area contributed by atoms with Crippen LogP contribution in [-0.2, 0) is 11.3 Å². The zero-order valence-electron chi connectivity index (χ0n) is 13.3. The van der Waals surface area contributed by atoms with Crippen LogP contribution in [0.3, 0.4) is 0 Å². The summed E-state index contributed by atoms with van der Waals surface area (Å²) < 4.78 is 0. The minimum atomic E-state index is 0.0887. The molecular formula is C20H25NO. The fourth-order valence-electron chi connectivity index (χ4n) is 2.53. The van der Waals surface area contributed by atoms with Gasteiger partial charge in [0.1, 0.15) is 5.78 Å². The van der Waals surface area contributed by atoms with Crippen molar-refractivity contribution in [1.82, 2.24) is 5.32 Å². The van der Waals surface area contributed by atoms with E-state index in [0.717, 1.165) is 19.4 Å². The van der Waals surface area contributed by atoms with Crippen LogP contribution in [0.4, 0.5) is 0 Å². The Hall–Kier alpha value is -1.93. The predicted molar refractivity (Wildman–Crippen MR) is 91.6 cm³/mol. The molecule has 116 valence electrons. The molecule has 0 saturated heterocycles. The quantitative estimate of drug-likeness (QED) is 0.728. The van der Waals surface area contributed by atoms with Crippen molar-refractivity contribution < 1.29 is 4.79 Å². The molecule has 1 unspecified atom stereocenters. The Bertz CT molecular complexity index is 550. The van der Waals surface area contributed by atoms with E-state index < -0.39 is 0 Å². The molecule has 2 nitrogen and oxygen atoms in total. The van der Waals surface area contributed by atoms with Gasteiger partial charge in [-0.3, -0.25) is 4.79 Å². The van der Waals surface area contributed by atoms with Crippen molar-refractivity contribution in [2.75, 3.05) is 0 Å². The van der Waals surface area contributed by atoms with Crippen molar-refractivity contribution in [3.63, 3.8) is 0 Å². The van der Waals surface area contributed by atoms with Crippen LogP contribution in [0.1, 0.15) is 49.8 Å². The minimum absolute atomic E-state index is 0.0887. The Morgan fingerprint density at radius 2 is 1.64 bits per heavy atom. The molecule has 0 aliphatic carbocycles. The number of hydrogen-bond donors (Lipinski definition) is 1. The minimum Gasteiger partial charge on any atom is -0.305 e. The van der Waals surface area contributed by atoms with Crippen molar-refractivity contribution in [2.24, 2.45) is 0 Å². The molecule has 0 radical (unpaired) electrons. The van der Waals surface area contributed by atoms with Gasteiger partial charge in [0.05, 0.1) is 0 Å². The molecule has 2 rings (SSSR count). The van der Waals surface area contributed by atoms with Gasteiger partial charge >= 0.3 is 0 Å². The Morgan fingerprint density at radius 3 is 2.27 bits per heavy atom. The normalized spacial score (nSPS) is 12.0. The second-order valence-electron chi connectivity index (χ2n) is 5.68. The highest BCUT2D eigenvalue weighted by molar-refractivity contribution is 5.79. The predicted octanol–water partition coefficient (Wildman–Crippen LogP) is 4.67. The maximum absolute atomic E-state index is 12.2.